The normalized spacial score (nSPS) is 19.9. The van der Waals surface area contributed by atoms with Gasteiger partial charge in [-0.15, -0.1) is 0 Å². The van der Waals surface area contributed by atoms with Crippen LogP contribution in [0.1, 0.15) is 18.4 Å². The predicted octanol–water partition coefficient (Wildman–Crippen LogP) is 1.21. The summed E-state index contributed by atoms with van der Waals surface area (Å²) < 4.78 is 4.98. The van der Waals surface area contributed by atoms with Crippen LogP contribution < -0.4 is 16.4 Å². The monoisotopic (exact) mass is 261 g/mol. The Balaban J connectivity index is 1.57. The maximum absolute atomic E-state index is 11.1. The second-order valence-corrected chi connectivity index (χ2v) is 5.19. The van der Waals surface area contributed by atoms with Crippen LogP contribution in [-0.4, -0.2) is 24.6 Å². The van der Waals surface area contributed by atoms with E-state index in [4.69, 9.17) is 4.42 Å². The van der Waals surface area contributed by atoms with Crippen molar-refractivity contribution in [3.05, 3.63) is 34.3 Å². The van der Waals surface area contributed by atoms with E-state index >= 15 is 0 Å². The lowest BCUT2D eigenvalue weighted by atomic mass is 10.00. The third kappa shape index (κ3) is 3.05. The lowest BCUT2D eigenvalue weighted by Gasteiger charge is -2.22. The molecule has 3 N–H and O–H groups in total. The van der Waals surface area contributed by atoms with Crippen LogP contribution in [-0.2, 0) is 6.54 Å². The summed E-state index contributed by atoms with van der Waals surface area (Å²) in [5.74, 6) is 0.333. The summed E-state index contributed by atoms with van der Waals surface area (Å²) in [7, 11) is 0. The van der Waals surface area contributed by atoms with Gasteiger partial charge in [-0.1, -0.05) is 6.07 Å². The number of rotatable bonds is 4. The number of oxazole rings is 1. The smallest absolute Gasteiger partial charge is 0.408 e. The number of hydrogen-bond donors (Lipinski definition) is 3. The molecule has 0 saturated carbocycles. The van der Waals surface area contributed by atoms with E-state index in [1.807, 2.05) is 18.2 Å². The van der Waals surface area contributed by atoms with Crippen molar-refractivity contribution >= 4 is 11.1 Å². The zero-order chi connectivity index (χ0) is 13.1. The minimum Gasteiger partial charge on any atom is -0.408 e. The van der Waals surface area contributed by atoms with E-state index in [1.165, 1.54) is 12.8 Å². The molecule has 1 aliphatic rings. The number of piperidine rings is 1. The lowest BCUT2D eigenvalue weighted by Crippen LogP contribution is -2.35. The molecule has 1 aliphatic heterocycles. The highest BCUT2D eigenvalue weighted by Gasteiger charge is 2.12. The zero-order valence-corrected chi connectivity index (χ0v) is 10.9. The van der Waals surface area contributed by atoms with Gasteiger partial charge in [0.05, 0.1) is 5.52 Å². The molecular weight excluding hydrogens is 242 g/mol. The molecule has 3 rings (SSSR count). The second kappa shape index (κ2) is 5.59. The molecule has 102 valence electrons. The summed E-state index contributed by atoms with van der Waals surface area (Å²) >= 11 is 0. The SMILES string of the molecule is O=c1[nH]c2cc(CNCC3CCCNC3)ccc2o1. The Morgan fingerprint density at radius 1 is 1.42 bits per heavy atom. The van der Waals surface area contributed by atoms with Crippen molar-refractivity contribution in [3.63, 3.8) is 0 Å². The van der Waals surface area contributed by atoms with Gasteiger partial charge in [-0.25, -0.2) is 4.79 Å². The van der Waals surface area contributed by atoms with Crippen molar-refractivity contribution in [2.24, 2.45) is 5.92 Å². The number of fused-ring (bicyclic) bond motifs is 1. The number of hydrogen-bond acceptors (Lipinski definition) is 4. The van der Waals surface area contributed by atoms with Crippen molar-refractivity contribution in [1.29, 1.82) is 0 Å². The molecule has 1 fully saturated rings. The lowest BCUT2D eigenvalue weighted by molar-refractivity contribution is 0.360. The zero-order valence-electron chi connectivity index (χ0n) is 10.9. The number of aromatic nitrogens is 1. The topological polar surface area (TPSA) is 70.1 Å². The molecule has 0 bridgehead atoms. The summed E-state index contributed by atoms with van der Waals surface area (Å²) in [6, 6.07) is 5.80. The van der Waals surface area contributed by atoms with Crippen LogP contribution in [0.4, 0.5) is 0 Å². The molecule has 0 amide bonds. The molecule has 2 heterocycles. The summed E-state index contributed by atoms with van der Waals surface area (Å²) in [5.41, 5.74) is 2.54. The Morgan fingerprint density at radius 2 is 2.37 bits per heavy atom. The summed E-state index contributed by atoms with van der Waals surface area (Å²) in [5, 5.41) is 6.90. The Kier molecular flexibility index (Phi) is 3.66. The van der Waals surface area contributed by atoms with E-state index in [0.717, 1.165) is 43.2 Å². The largest absolute Gasteiger partial charge is 0.417 e. The van der Waals surface area contributed by atoms with Gasteiger partial charge >= 0.3 is 5.76 Å². The predicted molar refractivity (Wildman–Crippen MR) is 74.1 cm³/mol. The highest BCUT2D eigenvalue weighted by molar-refractivity contribution is 5.72. The minimum atomic E-state index is -0.395. The molecule has 1 aromatic carbocycles. The first-order chi connectivity index (χ1) is 9.31. The average molecular weight is 261 g/mol. The standard InChI is InChI=1S/C14H19N3O2/c18-14-17-12-6-10(3-4-13(12)19-14)7-16-9-11-2-1-5-15-8-11/h3-4,6,11,15-16H,1-2,5,7-9H2,(H,17,18). The van der Waals surface area contributed by atoms with E-state index in [1.54, 1.807) is 0 Å². The van der Waals surface area contributed by atoms with Crippen molar-refractivity contribution in [2.45, 2.75) is 19.4 Å². The van der Waals surface area contributed by atoms with Gasteiger partial charge in [0.2, 0.25) is 0 Å². The molecule has 1 unspecified atom stereocenters. The van der Waals surface area contributed by atoms with E-state index < -0.39 is 5.76 Å². The highest BCUT2D eigenvalue weighted by Crippen LogP contribution is 2.13. The summed E-state index contributed by atoms with van der Waals surface area (Å²) in [6.07, 6.45) is 2.57. The summed E-state index contributed by atoms with van der Waals surface area (Å²) in [6.45, 7) is 4.12. The fourth-order valence-corrected chi connectivity index (χ4v) is 2.63. The maximum atomic E-state index is 11.1. The van der Waals surface area contributed by atoms with E-state index in [0.29, 0.717) is 5.58 Å². The first kappa shape index (κ1) is 12.4. The first-order valence-electron chi connectivity index (χ1n) is 6.84. The van der Waals surface area contributed by atoms with Gasteiger partial charge in [-0.2, -0.15) is 0 Å². The van der Waals surface area contributed by atoms with E-state index in [9.17, 15) is 4.79 Å². The number of benzene rings is 1. The van der Waals surface area contributed by atoms with Crippen molar-refractivity contribution in [3.8, 4) is 0 Å². The molecule has 1 aromatic heterocycles. The molecule has 1 atom stereocenters. The molecule has 0 spiro atoms. The van der Waals surface area contributed by atoms with Crippen LogP contribution in [0.15, 0.2) is 27.4 Å². The third-order valence-corrected chi connectivity index (χ3v) is 3.64. The Hall–Kier alpha value is -1.59. The molecule has 0 aliphatic carbocycles. The molecular formula is C14H19N3O2. The Labute approximate surface area is 111 Å². The average Bonchev–Trinajstić information content (AvgIpc) is 2.79. The van der Waals surface area contributed by atoms with Gasteiger partial charge in [0.15, 0.2) is 5.58 Å². The molecule has 0 radical (unpaired) electrons. The molecule has 1 saturated heterocycles. The van der Waals surface area contributed by atoms with Crippen LogP contribution >= 0.6 is 0 Å². The minimum absolute atomic E-state index is 0.395. The van der Waals surface area contributed by atoms with Gasteiger partial charge in [0.25, 0.3) is 0 Å². The van der Waals surface area contributed by atoms with Crippen molar-refractivity contribution < 1.29 is 4.42 Å². The van der Waals surface area contributed by atoms with Crippen molar-refractivity contribution in [1.82, 2.24) is 15.6 Å². The Bertz CT molecular complexity index is 596. The van der Waals surface area contributed by atoms with Crippen LogP contribution in [0.2, 0.25) is 0 Å². The quantitative estimate of drug-likeness (QED) is 0.773. The fourth-order valence-electron chi connectivity index (χ4n) is 2.63. The van der Waals surface area contributed by atoms with E-state index in [2.05, 4.69) is 15.6 Å². The van der Waals surface area contributed by atoms with Crippen molar-refractivity contribution in [2.75, 3.05) is 19.6 Å². The molecule has 2 aromatic rings. The summed E-state index contributed by atoms with van der Waals surface area (Å²) in [4.78, 5) is 13.8. The number of H-pyrrole nitrogens is 1. The molecule has 5 heteroatoms. The third-order valence-electron chi connectivity index (χ3n) is 3.64. The van der Waals surface area contributed by atoms with Gasteiger partial charge in [0, 0.05) is 6.54 Å². The van der Waals surface area contributed by atoms with Crippen LogP contribution in [0.5, 0.6) is 0 Å². The maximum Gasteiger partial charge on any atom is 0.417 e. The fraction of sp³-hybridized carbons (Fsp3) is 0.500. The van der Waals surface area contributed by atoms with Gasteiger partial charge < -0.3 is 15.1 Å². The second-order valence-electron chi connectivity index (χ2n) is 5.19. The van der Waals surface area contributed by atoms with Crippen LogP contribution in [0.25, 0.3) is 11.1 Å². The number of nitrogens with one attached hydrogen (secondary N) is 3. The molecule has 19 heavy (non-hydrogen) atoms. The molecule has 5 nitrogen and oxygen atoms in total. The number of aromatic amines is 1. The van der Waals surface area contributed by atoms with Gasteiger partial charge in [-0.3, -0.25) is 4.98 Å². The Morgan fingerprint density at radius 3 is 3.21 bits per heavy atom. The highest BCUT2D eigenvalue weighted by atomic mass is 16.4. The van der Waals surface area contributed by atoms with Crippen LogP contribution in [0.3, 0.4) is 0 Å². The van der Waals surface area contributed by atoms with E-state index in [-0.39, 0.29) is 0 Å². The van der Waals surface area contributed by atoms with Gasteiger partial charge in [0.1, 0.15) is 0 Å². The van der Waals surface area contributed by atoms with Crippen LogP contribution in [0, 0.1) is 5.92 Å². The first-order valence-corrected chi connectivity index (χ1v) is 6.84. The van der Waals surface area contributed by atoms with Gasteiger partial charge in [-0.05, 0) is 56.1 Å².